The van der Waals surface area contributed by atoms with E-state index in [0.29, 0.717) is 36.5 Å². The van der Waals surface area contributed by atoms with Gasteiger partial charge in [-0.05, 0) is 35.9 Å². The fourth-order valence-electron chi connectivity index (χ4n) is 3.48. The number of benzene rings is 2. The van der Waals surface area contributed by atoms with Crippen molar-refractivity contribution in [1.29, 1.82) is 0 Å². The Kier molecular flexibility index (Phi) is 6.23. The van der Waals surface area contributed by atoms with Crippen LogP contribution in [0.15, 0.2) is 64.4 Å². The molecule has 3 heterocycles. The van der Waals surface area contributed by atoms with Crippen LogP contribution in [-0.4, -0.2) is 35.1 Å². The Balaban J connectivity index is 1.27. The number of fused-ring (bicyclic) bond motifs is 1. The summed E-state index contributed by atoms with van der Waals surface area (Å²) in [4.78, 5) is 4.58. The van der Waals surface area contributed by atoms with Crippen molar-refractivity contribution in [2.45, 2.75) is 13.1 Å². The summed E-state index contributed by atoms with van der Waals surface area (Å²) in [6, 6.07) is 11.7. The average Bonchev–Trinajstić information content (AvgIpc) is 3.48. The van der Waals surface area contributed by atoms with Gasteiger partial charge in [-0.15, -0.1) is 16.5 Å². The van der Waals surface area contributed by atoms with Crippen LogP contribution in [0.5, 0.6) is 17.2 Å². The van der Waals surface area contributed by atoms with Crippen molar-refractivity contribution in [3.05, 3.63) is 70.3 Å². The molecule has 1 aliphatic heterocycles. The minimum Gasteiger partial charge on any atom is -0.496 e. The zero-order valence-corrected chi connectivity index (χ0v) is 19.3. The summed E-state index contributed by atoms with van der Waals surface area (Å²) in [6.07, 6.45) is 3.38. The SMILES string of the molecule is COc1ccc(CN=Nc2nc(-c3ccc4c(c3)OCCO4)cs2)cc1Cn1cc(Cl)cn1. The molecule has 0 amide bonds. The van der Waals surface area contributed by atoms with Crippen LogP contribution in [0.2, 0.25) is 5.02 Å². The first-order valence-electron chi connectivity index (χ1n) is 10.2. The first kappa shape index (κ1) is 21.4. The lowest BCUT2D eigenvalue weighted by atomic mass is 10.1. The minimum absolute atomic E-state index is 0.426. The van der Waals surface area contributed by atoms with Crippen LogP contribution in [0.3, 0.4) is 0 Å². The monoisotopic (exact) mass is 481 g/mol. The van der Waals surface area contributed by atoms with E-state index in [9.17, 15) is 0 Å². The van der Waals surface area contributed by atoms with Gasteiger partial charge in [-0.2, -0.15) is 10.2 Å². The summed E-state index contributed by atoms with van der Waals surface area (Å²) in [5, 5.41) is 16.0. The van der Waals surface area contributed by atoms with Gasteiger partial charge >= 0.3 is 0 Å². The van der Waals surface area contributed by atoms with E-state index in [4.69, 9.17) is 25.8 Å². The van der Waals surface area contributed by atoms with Gasteiger partial charge < -0.3 is 14.2 Å². The Morgan fingerprint density at radius 2 is 2.03 bits per heavy atom. The van der Waals surface area contributed by atoms with Gasteiger partial charge in [0.1, 0.15) is 19.0 Å². The maximum absolute atomic E-state index is 5.97. The van der Waals surface area contributed by atoms with Crippen molar-refractivity contribution in [3.63, 3.8) is 0 Å². The largest absolute Gasteiger partial charge is 0.496 e. The highest BCUT2D eigenvalue weighted by molar-refractivity contribution is 7.13. The molecule has 0 atom stereocenters. The summed E-state index contributed by atoms with van der Waals surface area (Å²) >= 11 is 7.41. The normalized spacial score (nSPS) is 12.9. The molecule has 0 saturated carbocycles. The van der Waals surface area contributed by atoms with Crippen molar-refractivity contribution < 1.29 is 14.2 Å². The van der Waals surface area contributed by atoms with Crippen LogP contribution in [0, 0.1) is 0 Å². The van der Waals surface area contributed by atoms with Gasteiger partial charge in [0.05, 0.1) is 37.1 Å². The Morgan fingerprint density at radius 3 is 2.85 bits per heavy atom. The van der Waals surface area contributed by atoms with E-state index in [2.05, 4.69) is 20.3 Å². The molecule has 10 heteroatoms. The summed E-state index contributed by atoms with van der Waals surface area (Å²) in [6.45, 7) is 2.10. The summed E-state index contributed by atoms with van der Waals surface area (Å²) in [7, 11) is 1.65. The molecule has 0 spiro atoms. The molecule has 168 valence electrons. The maximum Gasteiger partial charge on any atom is 0.230 e. The first-order valence-corrected chi connectivity index (χ1v) is 11.5. The molecule has 2 aromatic carbocycles. The van der Waals surface area contributed by atoms with E-state index < -0.39 is 0 Å². The van der Waals surface area contributed by atoms with Crippen LogP contribution < -0.4 is 14.2 Å². The molecule has 2 aromatic heterocycles. The summed E-state index contributed by atoms with van der Waals surface area (Å²) < 4.78 is 18.5. The van der Waals surface area contributed by atoms with E-state index in [-0.39, 0.29) is 0 Å². The standard InChI is InChI=1S/C23H20ClN5O3S/c1-30-20-4-2-15(8-17(20)12-29-13-18(24)11-26-29)10-25-28-23-27-19(14-33-23)16-3-5-21-22(9-16)32-7-6-31-21/h2-5,8-9,11,13-14H,6-7,10,12H2,1H3. The fraction of sp³-hybridized carbons (Fsp3) is 0.217. The molecule has 1 aliphatic rings. The van der Waals surface area contributed by atoms with Crippen molar-refractivity contribution in [3.8, 4) is 28.5 Å². The van der Waals surface area contributed by atoms with Crippen molar-refractivity contribution in [2.75, 3.05) is 20.3 Å². The maximum atomic E-state index is 5.97. The highest BCUT2D eigenvalue weighted by Crippen LogP contribution is 2.35. The second kappa shape index (κ2) is 9.60. The van der Waals surface area contributed by atoms with Crippen LogP contribution in [0.1, 0.15) is 11.1 Å². The van der Waals surface area contributed by atoms with Crippen molar-refractivity contribution >= 4 is 28.1 Å². The van der Waals surface area contributed by atoms with E-state index in [1.807, 2.05) is 41.8 Å². The fourth-order valence-corrected chi connectivity index (χ4v) is 4.29. The average molecular weight is 482 g/mol. The van der Waals surface area contributed by atoms with E-state index in [1.165, 1.54) is 11.3 Å². The third-order valence-corrected chi connectivity index (χ3v) is 5.94. The number of azo groups is 1. The van der Waals surface area contributed by atoms with Gasteiger partial charge in [0.15, 0.2) is 11.5 Å². The quantitative estimate of drug-likeness (QED) is 0.313. The Bertz CT molecular complexity index is 1300. The number of thiazole rings is 1. The second-order valence-corrected chi connectivity index (χ2v) is 8.55. The van der Waals surface area contributed by atoms with Crippen molar-refractivity contribution in [1.82, 2.24) is 14.8 Å². The van der Waals surface area contributed by atoms with Gasteiger partial charge in [-0.3, -0.25) is 4.68 Å². The number of hydrogen-bond donors (Lipinski definition) is 0. The molecule has 4 aromatic rings. The molecule has 0 unspecified atom stereocenters. The number of hydrogen-bond acceptors (Lipinski definition) is 8. The molecule has 0 bridgehead atoms. The van der Waals surface area contributed by atoms with Gasteiger partial charge in [0, 0.05) is 22.7 Å². The number of aromatic nitrogens is 3. The number of halogens is 1. The molecule has 0 N–H and O–H groups in total. The lowest BCUT2D eigenvalue weighted by Gasteiger charge is -2.18. The predicted octanol–water partition coefficient (Wildman–Crippen LogP) is 5.77. The van der Waals surface area contributed by atoms with Crippen LogP contribution in [0.4, 0.5) is 5.13 Å². The first-order chi connectivity index (χ1) is 16.2. The van der Waals surface area contributed by atoms with Gasteiger partial charge in [0.2, 0.25) is 5.13 Å². The van der Waals surface area contributed by atoms with Crippen LogP contribution in [-0.2, 0) is 13.1 Å². The molecule has 33 heavy (non-hydrogen) atoms. The molecular weight excluding hydrogens is 462 g/mol. The summed E-state index contributed by atoms with van der Waals surface area (Å²) in [5.74, 6) is 2.28. The van der Waals surface area contributed by atoms with Gasteiger partial charge in [-0.25, -0.2) is 4.98 Å². The summed E-state index contributed by atoms with van der Waals surface area (Å²) in [5.41, 5.74) is 3.78. The van der Waals surface area contributed by atoms with E-state index >= 15 is 0 Å². The smallest absolute Gasteiger partial charge is 0.230 e. The lowest BCUT2D eigenvalue weighted by Crippen LogP contribution is -2.15. The number of rotatable bonds is 7. The number of nitrogens with zero attached hydrogens (tertiary/aromatic N) is 5. The Morgan fingerprint density at radius 1 is 1.15 bits per heavy atom. The molecular formula is C23H20ClN5O3S. The minimum atomic E-state index is 0.426. The third-order valence-electron chi connectivity index (χ3n) is 5.02. The Hall–Kier alpha value is -3.43. The third kappa shape index (κ3) is 4.99. The molecule has 0 saturated heterocycles. The van der Waals surface area contributed by atoms with E-state index in [0.717, 1.165) is 39.6 Å². The molecule has 0 aliphatic carbocycles. The van der Waals surface area contributed by atoms with Gasteiger partial charge in [-0.1, -0.05) is 17.7 Å². The lowest BCUT2D eigenvalue weighted by molar-refractivity contribution is 0.171. The molecule has 0 radical (unpaired) electrons. The number of ether oxygens (including phenoxy) is 3. The van der Waals surface area contributed by atoms with Crippen LogP contribution >= 0.6 is 22.9 Å². The van der Waals surface area contributed by atoms with E-state index in [1.54, 1.807) is 24.2 Å². The molecule has 5 rings (SSSR count). The van der Waals surface area contributed by atoms with Gasteiger partial charge in [0.25, 0.3) is 0 Å². The zero-order valence-electron chi connectivity index (χ0n) is 17.8. The zero-order chi connectivity index (χ0) is 22.6. The Labute approximate surface area is 199 Å². The van der Waals surface area contributed by atoms with Crippen molar-refractivity contribution in [2.24, 2.45) is 10.2 Å². The molecule has 0 fully saturated rings. The highest BCUT2D eigenvalue weighted by Gasteiger charge is 2.14. The molecule has 8 nitrogen and oxygen atoms in total. The second-order valence-electron chi connectivity index (χ2n) is 7.28. The highest BCUT2D eigenvalue weighted by atomic mass is 35.5. The predicted molar refractivity (Wildman–Crippen MR) is 126 cm³/mol. The topological polar surface area (TPSA) is 83.1 Å². The van der Waals surface area contributed by atoms with Crippen LogP contribution in [0.25, 0.3) is 11.3 Å². The number of methoxy groups -OCH3 is 1.